The minimum absolute atomic E-state index is 0.0261. The van der Waals surface area contributed by atoms with E-state index in [0.717, 1.165) is 12.2 Å². The fourth-order valence-corrected chi connectivity index (χ4v) is 1.71. The second-order valence-corrected chi connectivity index (χ2v) is 3.58. The third-order valence-corrected chi connectivity index (χ3v) is 2.80. The number of rotatable bonds is 0. The molecule has 1 atom stereocenters. The Morgan fingerprint density at radius 3 is 3.23 bits per heavy atom. The van der Waals surface area contributed by atoms with Crippen molar-refractivity contribution in [3.8, 4) is 0 Å². The van der Waals surface area contributed by atoms with E-state index < -0.39 is 0 Å². The molecule has 1 unspecified atom stereocenters. The molecule has 5 heteroatoms. The summed E-state index contributed by atoms with van der Waals surface area (Å²) < 4.78 is 1.64. The lowest BCUT2D eigenvalue weighted by Crippen LogP contribution is -2.40. The molecule has 0 fully saturated rings. The molecule has 1 aliphatic heterocycles. The van der Waals surface area contributed by atoms with Gasteiger partial charge in [-0.1, -0.05) is 11.6 Å². The molecule has 0 spiro atoms. The maximum absolute atomic E-state index is 11.3. The van der Waals surface area contributed by atoms with E-state index in [2.05, 4.69) is 4.98 Å². The second-order valence-electron chi connectivity index (χ2n) is 3.07. The molecule has 0 radical (unpaired) electrons. The standard InChI is InChI=1S/C8H10ClN3O/c1-11-6(9)3-5-12-7(11)2-4-10-8(12)13/h2,4,6H,3,5H2,1H3. The van der Waals surface area contributed by atoms with E-state index in [-0.39, 0.29) is 11.2 Å². The average molecular weight is 200 g/mol. The van der Waals surface area contributed by atoms with E-state index in [9.17, 15) is 4.79 Å². The molecule has 2 heterocycles. The maximum atomic E-state index is 11.3. The van der Waals surface area contributed by atoms with Gasteiger partial charge in [0.05, 0.1) is 0 Å². The van der Waals surface area contributed by atoms with Crippen LogP contribution in [0.1, 0.15) is 6.42 Å². The number of hydrogen-bond acceptors (Lipinski definition) is 3. The van der Waals surface area contributed by atoms with Gasteiger partial charge in [-0.3, -0.25) is 4.57 Å². The summed E-state index contributed by atoms with van der Waals surface area (Å²) in [6, 6.07) is 1.80. The Morgan fingerprint density at radius 1 is 1.69 bits per heavy atom. The predicted octanol–water partition coefficient (Wildman–Crippen LogP) is 0.648. The zero-order chi connectivity index (χ0) is 9.42. The van der Waals surface area contributed by atoms with E-state index >= 15 is 0 Å². The molecule has 2 rings (SSSR count). The van der Waals surface area contributed by atoms with Gasteiger partial charge in [-0.15, -0.1) is 0 Å². The summed E-state index contributed by atoms with van der Waals surface area (Å²) in [5.41, 5.74) is -0.227. The highest BCUT2D eigenvalue weighted by Crippen LogP contribution is 2.22. The highest BCUT2D eigenvalue weighted by atomic mass is 35.5. The lowest BCUT2D eigenvalue weighted by atomic mass is 10.3. The van der Waals surface area contributed by atoms with Crippen molar-refractivity contribution in [1.82, 2.24) is 9.55 Å². The number of fused-ring (bicyclic) bond motifs is 1. The van der Waals surface area contributed by atoms with Crippen molar-refractivity contribution in [3.63, 3.8) is 0 Å². The predicted molar refractivity (Wildman–Crippen MR) is 51.2 cm³/mol. The van der Waals surface area contributed by atoms with Gasteiger partial charge in [0.1, 0.15) is 11.3 Å². The van der Waals surface area contributed by atoms with Crippen LogP contribution >= 0.6 is 11.6 Å². The third-order valence-electron chi connectivity index (χ3n) is 2.29. The first-order valence-corrected chi connectivity index (χ1v) is 4.56. The molecule has 0 N–H and O–H groups in total. The summed E-state index contributed by atoms with van der Waals surface area (Å²) in [5, 5.41) is 0. The van der Waals surface area contributed by atoms with Crippen LogP contribution in [0.5, 0.6) is 0 Å². The molecule has 4 nitrogen and oxygen atoms in total. The van der Waals surface area contributed by atoms with Gasteiger partial charge >= 0.3 is 5.69 Å². The van der Waals surface area contributed by atoms with Crippen LogP contribution in [0.25, 0.3) is 0 Å². The molecular formula is C8H10ClN3O. The monoisotopic (exact) mass is 199 g/mol. The number of nitrogens with zero attached hydrogens (tertiary/aromatic N) is 3. The van der Waals surface area contributed by atoms with Crippen molar-refractivity contribution >= 4 is 17.4 Å². The Bertz CT molecular complexity index is 376. The number of alkyl halides is 1. The SMILES string of the molecule is CN1c2ccnc(=O)n2CCC1Cl. The van der Waals surface area contributed by atoms with Crippen molar-refractivity contribution in [3.05, 3.63) is 22.7 Å². The summed E-state index contributed by atoms with van der Waals surface area (Å²) in [6.45, 7) is 0.653. The molecule has 0 saturated heterocycles. The van der Waals surface area contributed by atoms with Gasteiger partial charge in [0.2, 0.25) is 0 Å². The molecule has 0 aromatic carbocycles. The topological polar surface area (TPSA) is 38.1 Å². The van der Waals surface area contributed by atoms with Crippen LogP contribution in [-0.4, -0.2) is 22.1 Å². The van der Waals surface area contributed by atoms with Crippen LogP contribution in [0.2, 0.25) is 0 Å². The quantitative estimate of drug-likeness (QED) is 0.455. The fourth-order valence-electron chi connectivity index (χ4n) is 1.52. The zero-order valence-corrected chi connectivity index (χ0v) is 8.03. The molecular weight excluding hydrogens is 190 g/mol. The molecule has 0 amide bonds. The summed E-state index contributed by atoms with van der Waals surface area (Å²) in [6.07, 6.45) is 2.29. The Hall–Kier alpha value is -1.03. The minimum Gasteiger partial charge on any atom is -0.344 e. The lowest BCUT2D eigenvalue weighted by Gasteiger charge is -2.32. The average Bonchev–Trinajstić information content (AvgIpc) is 2.12. The van der Waals surface area contributed by atoms with Crippen molar-refractivity contribution in [1.29, 1.82) is 0 Å². The van der Waals surface area contributed by atoms with Gasteiger partial charge in [0.15, 0.2) is 0 Å². The third kappa shape index (κ3) is 1.31. The Kier molecular flexibility index (Phi) is 2.00. The molecule has 13 heavy (non-hydrogen) atoms. The van der Waals surface area contributed by atoms with Crippen LogP contribution in [0.4, 0.5) is 5.82 Å². The van der Waals surface area contributed by atoms with E-state index in [1.54, 1.807) is 10.6 Å². The molecule has 0 saturated carbocycles. The normalized spacial score (nSPS) is 21.4. The molecule has 0 bridgehead atoms. The first-order chi connectivity index (χ1) is 6.20. The Labute approximate surface area is 80.8 Å². The second kappa shape index (κ2) is 3.03. The van der Waals surface area contributed by atoms with Crippen LogP contribution < -0.4 is 10.6 Å². The summed E-state index contributed by atoms with van der Waals surface area (Å²) in [4.78, 5) is 16.9. The van der Waals surface area contributed by atoms with Crippen molar-refractivity contribution < 1.29 is 0 Å². The van der Waals surface area contributed by atoms with Crippen molar-refractivity contribution in [2.75, 3.05) is 11.9 Å². The molecule has 0 aliphatic carbocycles. The fraction of sp³-hybridized carbons (Fsp3) is 0.500. The van der Waals surface area contributed by atoms with Crippen LogP contribution in [-0.2, 0) is 6.54 Å². The number of aromatic nitrogens is 2. The minimum atomic E-state index is -0.201. The van der Waals surface area contributed by atoms with Gasteiger partial charge in [-0.2, -0.15) is 0 Å². The largest absolute Gasteiger partial charge is 0.349 e. The maximum Gasteiger partial charge on any atom is 0.349 e. The Balaban J connectivity index is 2.55. The smallest absolute Gasteiger partial charge is 0.344 e. The number of halogens is 1. The summed E-state index contributed by atoms with van der Waals surface area (Å²) >= 11 is 6.04. The first-order valence-electron chi connectivity index (χ1n) is 4.13. The van der Waals surface area contributed by atoms with Gasteiger partial charge in [0.25, 0.3) is 0 Å². The first kappa shape index (κ1) is 8.56. The van der Waals surface area contributed by atoms with E-state index in [1.807, 2.05) is 11.9 Å². The molecule has 1 aliphatic rings. The van der Waals surface area contributed by atoms with E-state index in [0.29, 0.717) is 6.54 Å². The van der Waals surface area contributed by atoms with Crippen molar-refractivity contribution in [2.45, 2.75) is 18.5 Å². The van der Waals surface area contributed by atoms with Gasteiger partial charge in [0, 0.05) is 19.8 Å². The number of hydrogen-bond donors (Lipinski definition) is 0. The number of anilines is 1. The van der Waals surface area contributed by atoms with Crippen LogP contribution in [0.15, 0.2) is 17.1 Å². The van der Waals surface area contributed by atoms with E-state index in [1.165, 1.54) is 6.20 Å². The van der Waals surface area contributed by atoms with Crippen molar-refractivity contribution in [2.24, 2.45) is 0 Å². The highest BCUT2D eigenvalue weighted by molar-refractivity contribution is 6.21. The van der Waals surface area contributed by atoms with Gasteiger partial charge < -0.3 is 4.90 Å². The highest BCUT2D eigenvalue weighted by Gasteiger charge is 2.21. The van der Waals surface area contributed by atoms with Crippen LogP contribution in [0.3, 0.4) is 0 Å². The van der Waals surface area contributed by atoms with Crippen LogP contribution in [0, 0.1) is 0 Å². The van der Waals surface area contributed by atoms with Gasteiger partial charge in [-0.25, -0.2) is 9.78 Å². The van der Waals surface area contributed by atoms with Gasteiger partial charge in [-0.05, 0) is 12.5 Å². The molecule has 1 aromatic heterocycles. The lowest BCUT2D eigenvalue weighted by molar-refractivity contribution is 0.529. The summed E-state index contributed by atoms with van der Waals surface area (Å²) in [7, 11) is 1.88. The summed E-state index contributed by atoms with van der Waals surface area (Å²) in [5.74, 6) is 0.839. The molecule has 70 valence electrons. The zero-order valence-electron chi connectivity index (χ0n) is 7.27. The van der Waals surface area contributed by atoms with E-state index in [4.69, 9.17) is 11.6 Å². The Morgan fingerprint density at radius 2 is 2.46 bits per heavy atom. The molecule has 1 aromatic rings.